The Labute approximate surface area is 94.6 Å². The van der Waals surface area contributed by atoms with E-state index in [1.165, 1.54) is 19.4 Å². The van der Waals surface area contributed by atoms with E-state index in [1.807, 2.05) is 0 Å². The number of nitrogens with zero attached hydrogens (tertiary/aromatic N) is 2. The number of hydrogen-bond acceptors (Lipinski definition) is 3. The summed E-state index contributed by atoms with van der Waals surface area (Å²) < 4.78 is 0. The van der Waals surface area contributed by atoms with Crippen molar-refractivity contribution in [3.05, 3.63) is 0 Å². The molecule has 1 rings (SSSR count). The molecule has 0 aromatic rings. The molecular formula is C12H27N3. The molecule has 0 aromatic heterocycles. The van der Waals surface area contributed by atoms with Gasteiger partial charge in [0.05, 0.1) is 0 Å². The highest BCUT2D eigenvalue weighted by atomic mass is 15.3. The Morgan fingerprint density at radius 1 is 1.40 bits per heavy atom. The second-order valence-corrected chi connectivity index (χ2v) is 5.23. The summed E-state index contributed by atoms with van der Waals surface area (Å²) in [6.45, 7) is 11.1. The van der Waals surface area contributed by atoms with Crippen LogP contribution in [0.25, 0.3) is 0 Å². The quantitative estimate of drug-likeness (QED) is 0.760. The summed E-state index contributed by atoms with van der Waals surface area (Å²) in [5.74, 6) is 0. The minimum absolute atomic E-state index is 0.213. The Balaban J connectivity index is 2.61. The fraction of sp³-hybridized carbons (Fsp3) is 1.00. The predicted molar refractivity (Wildman–Crippen MR) is 66.0 cm³/mol. The SMILES string of the molecule is CCCC(C)(CN)N1CCN(C)C(C)C1. The summed E-state index contributed by atoms with van der Waals surface area (Å²) in [5, 5.41) is 0. The van der Waals surface area contributed by atoms with Gasteiger partial charge in [-0.05, 0) is 27.3 Å². The predicted octanol–water partition coefficient (Wildman–Crippen LogP) is 1.14. The fourth-order valence-electron chi connectivity index (χ4n) is 2.47. The smallest absolute Gasteiger partial charge is 0.0304 e. The normalized spacial score (nSPS) is 29.0. The van der Waals surface area contributed by atoms with E-state index < -0.39 is 0 Å². The van der Waals surface area contributed by atoms with Gasteiger partial charge in [-0.1, -0.05) is 13.3 Å². The second-order valence-electron chi connectivity index (χ2n) is 5.23. The van der Waals surface area contributed by atoms with Crippen LogP contribution in [0.4, 0.5) is 0 Å². The molecule has 0 bridgehead atoms. The summed E-state index contributed by atoms with van der Waals surface area (Å²) >= 11 is 0. The van der Waals surface area contributed by atoms with Crippen LogP contribution >= 0.6 is 0 Å². The third kappa shape index (κ3) is 2.92. The summed E-state index contributed by atoms with van der Waals surface area (Å²) in [7, 11) is 2.21. The van der Waals surface area contributed by atoms with Crippen LogP contribution in [-0.4, -0.2) is 54.6 Å². The van der Waals surface area contributed by atoms with E-state index in [4.69, 9.17) is 5.73 Å². The van der Waals surface area contributed by atoms with Gasteiger partial charge in [0.25, 0.3) is 0 Å². The van der Waals surface area contributed by atoms with Crippen LogP contribution in [0.2, 0.25) is 0 Å². The standard InChI is InChI=1S/C12H27N3/c1-5-6-12(3,10-13)15-8-7-14(4)11(2)9-15/h11H,5-10,13H2,1-4H3. The third-order valence-electron chi connectivity index (χ3n) is 3.95. The van der Waals surface area contributed by atoms with Gasteiger partial charge >= 0.3 is 0 Å². The third-order valence-corrected chi connectivity index (χ3v) is 3.95. The Kier molecular flexibility index (Phi) is 4.56. The molecule has 1 heterocycles. The first kappa shape index (κ1) is 12.9. The Hall–Kier alpha value is -0.120. The van der Waals surface area contributed by atoms with Crippen LogP contribution in [0.5, 0.6) is 0 Å². The highest BCUT2D eigenvalue weighted by molar-refractivity contribution is 4.91. The van der Waals surface area contributed by atoms with Gasteiger partial charge in [0.15, 0.2) is 0 Å². The van der Waals surface area contributed by atoms with E-state index >= 15 is 0 Å². The van der Waals surface area contributed by atoms with Crippen molar-refractivity contribution < 1.29 is 0 Å². The van der Waals surface area contributed by atoms with Crippen molar-refractivity contribution >= 4 is 0 Å². The molecule has 1 aliphatic rings. The van der Waals surface area contributed by atoms with Gasteiger partial charge in [0.1, 0.15) is 0 Å². The van der Waals surface area contributed by atoms with Gasteiger partial charge in [-0.3, -0.25) is 4.90 Å². The van der Waals surface area contributed by atoms with Crippen molar-refractivity contribution in [2.45, 2.75) is 45.2 Å². The van der Waals surface area contributed by atoms with Crippen molar-refractivity contribution in [2.75, 3.05) is 33.2 Å². The molecule has 0 amide bonds. The maximum Gasteiger partial charge on any atom is 0.0304 e. The zero-order valence-corrected chi connectivity index (χ0v) is 10.8. The Morgan fingerprint density at radius 2 is 2.07 bits per heavy atom. The number of nitrogens with two attached hydrogens (primary N) is 1. The molecule has 2 atom stereocenters. The zero-order chi connectivity index (χ0) is 11.5. The van der Waals surface area contributed by atoms with Crippen molar-refractivity contribution in [3.63, 3.8) is 0 Å². The van der Waals surface area contributed by atoms with Gasteiger partial charge in [0.2, 0.25) is 0 Å². The van der Waals surface area contributed by atoms with E-state index in [0.29, 0.717) is 6.04 Å². The molecule has 1 saturated heterocycles. The molecule has 1 aliphatic heterocycles. The van der Waals surface area contributed by atoms with Gasteiger partial charge < -0.3 is 10.6 Å². The molecule has 0 saturated carbocycles. The fourth-order valence-corrected chi connectivity index (χ4v) is 2.47. The summed E-state index contributed by atoms with van der Waals surface area (Å²) in [6, 6.07) is 0.654. The number of piperazine rings is 1. The molecule has 0 radical (unpaired) electrons. The lowest BCUT2D eigenvalue weighted by atomic mass is 9.92. The van der Waals surface area contributed by atoms with E-state index in [-0.39, 0.29) is 5.54 Å². The molecule has 3 heteroatoms. The molecule has 2 unspecified atom stereocenters. The lowest BCUT2D eigenvalue weighted by molar-refractivity contribution is 0.0227. The number of hydrogen-bond donors (Lipinski definition) is 1. The van der Waals surface area contributed by atoms with Crippen molar-refractivity contribution in [3.8, 4) is 0 Å². The van der Waals surface area contributed by atoms with Crippen molar-refractivity contribution in [2.24, 2.45) is 5.73 Å². The van der Waals surface area contributed by atoms with Gasteiger partial charge in [-0.15, -0.1) is 0 Å². The topological polar surface area (TPSA) is 32.5 Å². The van der Waals surface area contributed by atoms with Crippen LogP contribution in [0, 0.1) is 0 Å². The molecule has 0 aromatic carbocycles. The highest BCUT2D eigenvalue weighted by Crippen LogP contribution is 2.23. The van der Waals surface area contributed by atoms with E-state index in [9.17, 15) is 0 Å². The molecular weight excluding hydrogens is 186 g/mol. The maximum absolute atomic E-state index is 5.95. The van der Waals surface area contributed by atoms with E-state index in [2.05, 4.69) is 37.6 Å². The van der Waals surface area contributed by atoms with Crippen molar-refractivity contribution in [1.82, 2.24) is 9.80 Å². The first-order chi connectivity index (χ1) is 7.03. The van der Waals surface area contributed by atoms with Crippen LogP contribution in [0.1, 0.15) is 33.6 Å². The van der Waals surface area contributed by atoms with Crippen molar-refractivity contribution in [1.29, 1.82) is 0 Å². The molecule has 15 heavy (non-hydrogen) atoms. The van der Waals surface area contributed by atoms with Gasteiger partial charge in [0, 0.05) is 37.8 Å². The highest BCUT2D eigenvalue weighted by Gasteiger charge is 2.33. The molecule has 2 N–H and O–H groups in total. The first-order valence-electron chi connectivity index (χ1n) is 6.19. The monoisotopic (exact) mass is 213 g/mol. The van der Waals surface area contributed by atoms with Crippen LogP contribution in [-0.2, 0) is 0 Å². The summed E-state index contributed by atoms with van der Waals surface area (Å²) in [6.07, 6.45) is 2.42. The van der Waals surface area contributed by atoms with Crippen LogP contribution in [0.3, 0.4) is 0 Å². The van der Waals surface area contributed by atoms with Crippen LogP contribution < -0.4 is 5.73 Å². The molecule has 1 fully saturated rings. The Morgan fingerprint density at radius 3 is 2.53 bits per heavy atom. The van der Waals surface area contributed by atoms with Gasteiger partial charge in [-0.2, -0.15) is 0 Å². The second kappa shape index (κ2) is 5.28. The number of rotatable bonds is 4. The number of likely N-dealkylation sites (N-methyl/N-ethyl adjacent to an activating group) is 1. The molecule has 0 aliphatic carbocycles. The minimum atomic E-state index is 0.213. The van der Waals surface area contributed by atoms with Gasteiger partial charge in [-0.25, -0.2) is 0 Å². The average molecular weight is 213 g/mol. The summed E-state index contributed by atoms with van der Waals surface area (Å²) in [5.41, 5.74) is 6.16. The lowest BCUT2D eigenvalue weighted by Crippen LogP contribution is -2.60. The van der Waals surface area contributed by atoms with Crippen LogP contribution in [0.15, 0.2) is 0 Å². The Bertz CT molecular complexity index is 195. The first-order valence-corrected chi connectivity index (χ1v) is 6.19. The molecule has 90 valence electrons. The minimum Gasteiger partial charge on any atom is -0.329 e. The lowest BCUT2D eigenvalue weighted by Gasteiger charge is -2.47. The van der Waals surface area contributed by atoms with E-state index in [1.54, 1.807) is 0 Å². The molecule has 0 spiro atoms. The van der Waals surface area contributed by atoms with E-state index in [0.717, 1.165) is 19.6 Å². The summed E-state index contributed by atoms with van der Waals surface area (Å²) in [4.78, 5) is 5.01. The molecule has 3 nitrogen and oxygen atoms in total. The largest absolute Gasteiger partial charge is 0.329 e. The average Bonchev–Trinajstić information content (AvgIpc) is 2.22. The maximum atomic E-state index is 5.95. The zero-order valence-electron chi connectivity index (χ0n) is 10.8.